The van der Waals surface area contributed by atoms with Gasteiger partial charge in [-0.1, -0.05) is 19.3 Å². The van der Waals surface area contributed by atoms with Gasteiger partial charge in [0.25, 0.3) is 0 Å². The number of hydrogen-bond donors (Lipinski definition) is 3. The molecule has 136 valence electrons. The Morgan fingerprint density at radius 1 is 0.875 bits per heavy atom. The molecule has 7 nitrogen and oxygen atoms in total. The van der Waals surface area contributed by atoms with E-state index < -0.39 is 6.03 Å². The molecule has 1 saturated carbocycles. The predicted molar refractivity (Wildman–Crippen MR) is 91.5 cm³/mol. The van der Waals surface area contributed by atoms with Gasteiger partial charge in [-0.2, -0.15) is 0 Å². The van der Waals surface area contributed by atoms with Gasteiger partial charge < -0.3 is 20.9 Å². The third kappa shape index (κ3) is 6.76. The van der Waals surface area contributed by atoms with E-state index in [2.05, 4.69) is 16.0 Å². The number of nitrogens with one attached hydrogen (secondary N) is 3. The highest BCUT2D eigenvalue weighted by Crippen LogP contribution is 2.17. The molecule has 0 aromatic rings. The highest BCUT2D eigenvalue weighted by atomic mass is 16.2. The quantitative estimate of drug-likeness (QED) is 0.678. The van der Waals surface area contributed by atoms with Crippen molar-refractivity contribution in [1.29, 1.82) is 0 Å². The van der Waals surface area contributed by atoms with Crippen molar-refractivity contribution in [3.63, 3.8) is 0 Å². The lowest BCUT2D eigenvalue weighted by molar-refractivity contribution is -0.132. The first-order valence-corrected chi connectivity index (χ1v) is 9.24. The first-order valence-electron chi connectivity index (χ1n) is 9.24. The van der Waals surface area contributed by atoms with E-state index in [0.717, 1.165) is 51.6 Å². The van der Waals surface area contributed by atoms with Crippen molar-refractivity contribution in [3.05, 3.63) is 0 Å². The molecule has 2 rings (SSSR count). The molecule has 0 aromatic heterocycles. The molecule has 7 heteroatoms. The van der Waals surface area contributed by atoms with E-state index in [-0.39, 0.29) is 24.4 Å². The molecule has 24 heavy (non-hydrogen) atoms. The number of rotatable bonds is 6. The Morgan fingerprint density at radius 3 is 2.25 bits per heavy atom. The number of nitrogens with zero attached hydrogens (tertiary/aromatic N) is 1. The topological polar surface area (TPSA) is 90.5 Å². The minimum atomic E-state index is -0.403. The lowest BCUT2D eigenvalue weighted by Gasteiger charge is -2.26. The van der Waals surface area contributed by atoms with Gasteiger partial charge in [0.1, 0.15) is 0 Å². The molecule has 0 radical (unpaired) electrons. The number of hydrogen-bond acceptors (Lipinski definition) is 3. The monoisotopic (exact) mass is 338 g/mol. The maximum Gasteiger partial charge on any atom is 0.315 e. The Kier molecular flexibility index (Phi) is 7.85. The molecule has 0 spiro atoms. The van der Waals surface area contributed by atoms with E-state index in [1.807, 2.05) is 4.90 Å². The largest absolute Gasteiger partial charge is 0.352 e. The number of carbonyl (C=O) groups is 3. The molecule has 3 N–H and O–H groups in total. The van der Waals surface area contributed by atoms with E-state index in [4.69, 9.17) is 0 Å². The van der Waals surface area contributed by atoms with Crippen molar-refractivity contribution < 1.29 is 14.4 Å². The second-order valence-corrected chi connectivity index (χ2v) is 6.70. The summed E-state index contributed by atoms with van der Waals surface area (Å²) in [6.45, 7) is 1.92. The molecule has 0 unspecified atom stereocenters. The lowest BCUT2D eigenvalue weighted by atomic mass is 9.95. The summed E-state index contributed by atoms with van der Waals surface area (Å²) in [6, 6.07) is -0.154. The molecular weight excluding hydrogens is 308 g/mol. The maximum atomic E-state index is 12.0. The van der Waals surface area contributed by atoms with E-state index >= 15 is 0 Å². The number of piperidine rings is 1. The molecular formula is C17H30N4O3. The fourth-order valence-electron chi connectivity index (χ4n) is 3.33. The van der Waals surface area contributed by atoms with Crippen LogP contribution in [0.25, 0.3) is 0 Å². The van der Waals surface area contributed by atoms with Crippen molar-refractivity contribution in [1.82, 2.24) is 20.9 Å². The summed E-state index contributed by atoms with van der Waals surface area (Å²) < 4.78 is 0. The van der Waals surface area contributed by atoms with Crippen LogP contribution < -0.4 is 16.0 Å². The van der Waals surface area contributed by atoms with Crippen LogP contribution in [0.3, 0.4) is 0 Å². The van der Waals surface area contributed by atoms with Gasteiger partial charge in [-0.05, 0) is 32.1 Å². The van der Waals surface area contributed by atoms with Gasteiger partial charge in [0.15, 0.2) is 0 Å². The van der Waals surface area contributed by atoms with Crippen LogP contribution in [0.2, 0.25) is 0 Å². The average molecular weight is 338 g/mol. The third-order valence-corrected chi connectivity index (χ3v) is 4.71. The standard InChI is InChI=1S/C17H30N4O3/c22-15(20-14-7-3-1-4-8-14)13-19-17(24)18-10-9-16(23)21-11-5-2-6-12-21/h14H,1-13H2,(H,20,22)(H2,18,19,24). The fourth-order valence-corrected chi connectivity index (χ4v) is 3.33. The lowest BCUT2D eigenvalue weighted by Crippen LogP contribution is -2.46. The summed E-state index contributed by atoms with van der Waals surface area (Å²) in [4.78, 5) is 37.3. The molecule has 0 atom stereocenters. The van der Waals surface area contributed by atoms with Gasteiger partial charge in [-0.3, -0.25) is 9.59 Å². The molecule has 2 fully saturated rings. The number of amides is 4. The highest BCUT2D eigenvalue weighted by molar-refractivity contribution is 5.84. The zero-order valence-corrected chi connectivity index (χ0v) is 14.4. The van der Waals surface area contributed by atoms with E-state index in [1.54, 1.807) is 0 Å². The van der Waals surface area contributed by atoms with Gasteiger partial charge >= 0.3 is 6.03 Å². The number of carbonyl (C=O) groups excluding carboxylic acids is 3. The molecule has 1 aliphatic carbocycles. The van der Waals surface area contributed by atoms with Crippen LogP contribution in [-0.2, 0) is 9.59 Å². The van der Waals surface area contributed by atoms with Crippen LogP contribution in [0.1, 0.15) is 57.8 Å². The molecule has 1 aliphatic heterocycles. The van der Waals surface area contributed by atoms with Crippen molar-refractivity contribution in [3.8, 4) is 0 Å². The summed E-state index contributed by atoms with van der Waals surface area (Å²) in [5.41, 5.74) is 0. The Balaban J connectivity index is 1.52. The molecule has 0 bridgehead atoms. The number of likely N-dealkylation sites (tertiary alicyclic amines) is 1. The summed E-state index contributed by atoms with van der Waals surface area (Å²) in [5.74, 6) is -0.0634. The molecule has 2 aliphatic rings. The van der Waals surface area contributed by atoms with Crippen molar-refractivity contribution >= 4 is 17.8 Å². The molecule has 1 saturated heterocycles. The summed E-state index contributed by atoms with van der Waals surface area (Å²) in [7, 11) is 0. The highest BCUT2D eigenvalue weighted by Gasteiger charge is 2.17. The number of urea groups is 1. The minimum Gasteiger partial charge on any atom is -0.352 e. The van der Waals surface area contributed by atoms with E-state index in [9.17, 15) is 14.4 Å². The Labute approximate surface area is 143 Å². The van der Waals surface area contributed by atoms with Crippen molar-refractivity contribution in [2.75, 3.05) is 26.2 Å². The fraction of sp³-hybridized carbons (Fsp3) is 0.824. The van der Waals surface area contributed by atoms with Crippen LogP contribution >= 0.6 is 0 Å². The van der Waals surface area contributed by atoms with Crippen LogP contribution in [0.5, 0.6) is 0 Å². The Bertz CT molecular complexity index is 430. The van der Waals surface area contributed by atoms with Crippen molar-refractivity contribution in [2.45, 2.75) is 63.8 Å². The van der Waals surface area contributed by atoms with Crippen LogP contribution in [0.15, 0.2) is 0 Å². The predicted octanol–water partition coefficient (Wildman–Crippen LogP) is 1.14. The van der Waals surface area contributed by atoms with Crippen LogP contribution in [-0.4, -0.2) is 55.0 Å². The van der Waals surface area contributed by atoms with E-state index in [1.165, 1.54) is 12.8 Å². The normalized spacial score (nSPS) is 18.8. The third-order valence-electron chi connectivity index (χ3n) is 4.71. The van der Waals surface area contributed by atoms with Crippen LogP contribution in [0.4, 0.5) is 4.79 Å². The van der Waals surface area contributed by atoms with Gasteiger partial charge in [0, 0.05) is 32.1 Å². The molecule has 0 aromatic carbocycles. The Hall–Kier alpha value is -1.79. The van der Waals surface area contributed by atoms with Gasteiger partial charge in [0.05, 0.1) is 6.54 Å². The van der Waals surface area contributed by atoms with Gasteiger partial charge in [0.2, 0.25) is 11.8 Å². The first-order chi connectivity index (χ1) is 11.6. The first kappa shape index (κ1) is 18.5. The second kappa shape index (κ2) is 10.2. The minimum absolute atomic E-state index is 0.0254. The van der Waals surface area contributed by atoms with Gasteiger partial charge in [-0.15, -0.1) is 0 Å². The van der Waals surface area contributed by atoms with Crippen LogP contribution in [0, 0.1) is 0 Å². The SMILES string of the molecule is O=C(CNC(=O)NCCC(=O)N1CCCCC1)NC1CCCCC1. The smallest absolute Gasteiger partial charge is 0.315 e. The zero-order chi connectivity index (χ0) is 17.2. The molecule has 4 amide bonds. The zero-order valence-electron chi connectivity index (χ0n) is 14.4. The summed E-state index contributed by atoms with van der Waals surface area (Å²) in [5, 5.41) is 8.12. The summed E-state index contributed by atoms with van der Waals surface area (Å²) in [6.07, 6.45) is 9.23. The maximum absolute atomic E-state index is 12.0. The van der Waals surface area contributed by atoms with Crippen molar-refractivity contribution in [2.24, 2.45) is 0 Å². The average Bonchev–Trinajstić information content (AvgIpc) is 2.61. The molecule has 1 heterocycles. The second-order valence-electron chi connectivity index (χ2n) is 6.70. The summed E-state index contributed by atoms with van der Waals surface area (Å²) >= 11 is 0. The van der Waals surface area contributed by atoms with E-state index in [0.29, 0.717) is 13.0 Å². The van der Waals surface area contributed by atoms with Gasteiger partial charge in [-0.25, -0.2) is 4.79 Å². The Morgan fingerprint density at radius 2 is 1.54 bits per heavy atom.